The Morgan fingerprint density at radius 1 is 1.10 bits per heavy atom. The molecule has 2 aliphatic rings. The molecular formula is C25H34N4O. The summed E-state index contributed by atoms with van der Waals surface area (Å²) in [5, 5.41) is 0. The van der Waals surface area contributed by atoms with E-state index in [-0.39, 0.29) is 5.91 Å². The average molecular weight is 407 g/mol. The van der Waals surface area contributed by atoms with Gasteiger partial charge >= 0.3 is 0 Å². The summed E-state index contributed by atoms with van der Waals surface area (Å²) in [6.45, 7) is 11.7. The fourth-order valence-corrected chi connectivity index (χ4v) is 4.27. The predicted octanol–water partition coefficient (Wildman–Crippen LogP) is 4.26. The zero-order valence-corrected chi connectivity index (χ0v) is 18.8. The number of benzene rings is 1. The molecule has 160 valence electrons. The van der Waals surface area contributed by atoms with Gasteiger partial charge in [-0.15, -0.1) is 0 Å². The number of aryl methyl sites for hydroxylation is 2. The summed E-state index contributed by atoms with van der Waals surface area (Å²) in [5.41, 5.74) is 4.90. The number of rotatable bonds is 6. The van der Waals surface area contributed by atoms with Gasteiger partial charge in [0, 0.05) is 56.2 Å². The topological polar surface area (TPSA) is 49.3 Å². The number of amides is 1. The van der Waals surface area contributed by atoms with E-state index >= 15 is 0 Å². The molecule has 1 saturated carbocycles. The first-order valence-corrected chi connectivity index (χ1v) is 11.4. The Labute approximate surface area is 180 Å². The molecule has 0 radical (unpaired) electrons. The van der Waals surface area contributed by atoms with Gasteiger partial charge in [0.1, 0.15) is 11.6 Å². The Morgan fingerprint density at radius 2 is 1.83 bits per heavy atom. The molecule has 0 N–H and O–H groups in total. The zero-order valence-electron chi connectivity index (χ0n) is 18.8. The highest BCUT2D eigenvalue weighted by Crippen LogP contribution is 2.39. The molecule has 2 fully saturated rings. The third-order valence-electron chi connectivity index (χ3n) is 6.13. The molecule has 5 nitrogen and oxygen atoms in total. The summed E-state index contributed by atoms with van der Waals surface area (Å²) in [6.07, 6.45) is 3.89. The average Bonchev–Trinajstić information content (AvgIpc) is 3.54. The lowest BCUT2D eigenvalue weighted by molar-refractivity contribution is -0.132. The van der Waals surface area contributed by atoms with Crippen molar-refractivity contribution in [3.63, 3.8) is 0 Å². The van der Waals surface area contributed by atoms with E-state index in [4.69, 9.17) is 9.97 Å². The third-order valence-corrected chi connectivity index (χ3v) is 6.13. The molecule has 30 heavy (non-hydrogen) atoms. The summed E-state index contributed by atoms with van der Waals surface area (Å²) in [6, 6.07) is 8.70. The van der Waals surface area contributed by atoms with Crippen molar-refractivity contribution in [3.05, 3.63) is 52.5 Å². The normalized spacial score (nSPS) is 17.0. The molecule has 2 aromatic rings. The van der Waals surface area contributed by atoms with Crippen LogP contribution >= 0.6 is 0 Å². The van der Waals surface area contributed by atoms with E-state index in [9.17, 15) is 4.79 Å². The molecule has 1 aromatic carbocycles. The van der Waals surface area contributed by atoms with E-state index in [2.05, 4.69) is 56.9 Å². The number of carbonyl (C=O) groups is 1. The first-order valence-electron chi connectivity index (χ1n) is 11.4. The van der Waals surface area contributed by atoms with Gasteiger partial charge in [0.2, 0.25) is 5.91 Å². The Morgan fingerprint density at radius 3 is 2.47 bits per heavy atom. The van der Waals surface area contributed by atoms with Gasteiger partial charge in [0.25, 0.3) is 0 Å². The second kappa shape index (κ2) is 8.75. The van der Waals surface area contributed by atoms with Crippen LogP contribution in [0.4, 0.5) is 5.82 Å². The van der Waals surface area contributed by atoms with Crippen molar-refractivity contribution in [2.24, 2.45) is 5.92 Å². The van der Waals surface area contributed by atoms with Crippen LogP contribution in [0, 0.1) is 19.8 Å². The zero-order chi connectivity index (χ0) is 21.3. The molecule has 0 unspecified atom stereocenters. The van der Waals surface area contributed by atoms with Crippen molar-refractivity contribution in [3.8, 4) is 0 Å². The van der Waals surface area contributed by atoms with Crippen LogP contribution < -0.4 is 4.90 Å². The van der Waals surface area contributed by atoms with Gasteiger partial charge in [-0.3, -0.25) is 4.79 Å². The van der Waals surface area contributed by atoms with Gasteiger partial charge in [-0.25, -0.2) is 9.97 Å². The maximum atomic E-state index is 12.5. The van der Waals surface area contributed by atoms with Gasteiger partial charge in [-0.1, -0.05) is 43.7 Å². The van der Waals surface area contributed by atoms with Gasteiger partial charge in [0.05, 0.1) is 0 Å². The van der Waals surface area contributed by atoms with Crippen molar-refractivity contribution in [1.82, 2.24) is 14.9 Å². The van der Waals surface area contributed by atoms with Gasteiger partial charge in [-0.05, 0) is 38.2 Å². The Balaban J connectivity index is 1.57. The quantitative estimate of drug-likeness (QED) is 0.719. The van der Waals surface area contributed by atoms with Crippen LogP contribution in [0.1, 0.15) is 67.2 Å². The Hall–Kier alpha value is -2.43. The van der Waals surface area contributed by atoms with Crippen molar-refractivity contribution in [2.45, 2.75) is 59.3 Å². The number of nitrogens with zero attached hydrogens (tertiary/aromatic N) is 4. The minimum absolute atomic E-state index is 0.280. The maximum Gasteiger partial charge on any atom is 0.222 e. The number of carbonyl (C=O) groups excluding carboxylic acids is 1. The van der Waals surface area contributed by atoms with Crippen molar-refractivity contribution < 1.29 is 4.79 Å². The van der Waals surface area contributed by atoms with Crippen LogP contribution in [0.5, 0.6) is 0 Å². The minimum Gasteiger partial charge on any atom is -0.353 e. The number of hydrogen-bond donors (Lipinski definition) is 0. The molecule has 1 amide bonds. The number of anilines is 1. The van der Waals surface area contributed by atoms with Crippen LogP contribution in [0.15, 0.2) is 24.3 Å². The molecule has 1 aliphatic carbocycles. The Kier molecular flexibility index (Phi) is 6.07. The highest BCUT2D eigenvalue weighted by Gasteiger charge is 2.30. The number of hydrogen-bond acceptors (Lipinski definition) is 4. The van der Waals surface area contributed by atoms with Crippen LogP contribution in [0.3, 0.4) is 0 Å². The fraction of sp³-hybridized carbons (Fsp3) is 0.560. The van der Waals surface area contributed by atoms with Crippen LogP contribution in [0.2, 0.25) is 0 Å². The van der Waals surface area contributed by atoms with Crippen molar-refractivity contribution in [1.29, 1.82) is 0 Å². The molecule has 0 bridgehead atoms. The monoisotopic (exact) mass is 406 g/mol. The summed E-state index contributed by atoms with van der Waals surface area (Å²) in [7, 11) is 0. The summed E-state index contributed by atoms with van der Waals surface area (Å²) < 4.78 is 0. The first-order chi connectivity index (χ1) is 14.4. The molecular weight excluding hydrogens is 372 g/mol. The van der Waals surface area contributed by atoms with Gasteiger partial charge in [0.15, 0.2) is 0 Å². The molecule has 4 rings (SSSR count). The van der Waals surface area contributed by atoms with E-state index in [1.807, 2.05) is 4.90 Å². The fourth-order valence-electron chi connectivity index (χ4n) is 4.27. The van der Waals surface area contributed by atoms with Gasteiger partial charge in [-0.2, -0.15) is 0 Å². The molecule has 5 heteroatoms. The lowest BCUT2D eigenvalue weighted by Crippen LogP contribution is -2.49. The highest BCUT2D eigenvalue weighted by molar-refractivity contribution is 5.76. The van der Waals surface area contributed by atoms with Crippen LogP contribution in [-0.4, -0.2) is 47.0 Å². The minimum atomic E-state index is 0.280. The van der Waals surface area contributed by atoms with E-state index < -0.39 is 0 Å². The standard InChI is InChI=1S/C25H34N4O/c1-17(2)14-23(30)28-10-12-29(13-11-28)25-22(16-20-7-5-6-18(3)15-20)19(4)26-24(27-25)21-8-9-21/h5-7,15,17,21H,8-14,16H2,1-4H3. The molecule has 1 aromatic heterocycles. The molecule has 0 atom stereocenters. The van der Waals surface area contributed by atoms with E-state index in [0.29, 0.717) is 18.3 Å². The SMILES string of the molecule is Cc1cccc(Cc2c(C)nc(C3CC3)nc2N2CCN(C(=O)CC(C)C)CC2)c1. The molecule has 1 aliphatic heterocycles. The number of aromatic nitrogens is 2. The molecule has 0 spiro atoms. The van der Waals surface area contributed by atoms with E-state index in [1.165, 1.54) is 29.5 Å². The summed E-state index contributed by atoms with van der Waals surface area (Å²) >= 11 is 0. The lowest BCUT2D eigenvalue weighted by atomic mass is 10.0. The predicted molar refractivity (Wildman–Crippen MR) is 121 cm³/mol. The summed E-state index contributed by atoms with van der Waals surface area (Å²) in [5.74, 6) is 3.31. The molecule has 1 saturated heterocycles. The maximum absolute atomic E-state index is 12.5. The van der Waals surface area contributed by atoms with E-state index in [1.54, 1.807) is 0 Å². The Bertz CT molecular complexity index is 911. The number of piperazine rings is 1. The summed E-state index contributed by atoms with van der Waals surface area (Å²) in [4.78, 5) is 26.8. The molecule has 2 heterocycles. The van der Waals surface area contributed by atoms with Crippen LogP contribution in [-0.2, 0) is 11.2 Å². The van der Waals surface area contributed by atoms with Crippen molar-refractivity contribution in [2.75, 3.05) is 31.1 Å². The third kappa shape index (κ3) is 4.82. The van der Waals surface area contributed by atoms with E-state index in [0.717, 1.165) is 49.9 Å². The second-order valence-corrected chi connectivity index (χ2v) is 9.38. The lowest BCUT2D eigenvalue weighted by Gasteiger charge is -2.37. The van der Waals surface area contributed by atoms with Crippen LogP contribution in [0.25, 0.3) is 0 Å². The van der Waals surface area contributed by atoms with Crippen molar-refractivity contribution >= 4 is 11.7 Å². The largest absolute Gasteiger partial charge is 0.353 e. The first kappa shape index (κ1) is 20.8. The second-order valence-electron chi connectivity index (χ2n) is 9.38. The smallest absolute Gasteiger partial charge is 0.222 e. The van der Waals surface area contributed by atoms with Gasteiger partial charge < -0.3 is 9.80 Å². The highest BCUT2D eigenvalue weighted by atomic mass is 16.2.